The molecule has 8 atom stereocenters. The number of hydrogen-bond acceptors (Lipinski definition) is 12. The first-order chi connectivity index (χ1) is 31.4. The molecule has 15 N–H and O–H groups in total. The lowest BCUT2D eigenvalue weighted by molar-refractivity contribution is -0.142. The first kappa shape index (κ1) is 54.1. The number of primary amides is 1. The normalized spacial score (nSPS) is 14.8. The Kier molecular flexibility index (Phi) is 22.4. The van der Waals surface area contributed by atoms with Crippen molar-refractivity contribution >= 4 is 70.0 Å². The molecular formula is C45H66N10O10S. The molecule has 1 heterocycles. The summed E-state index contributed by atoms with van der Waals surface area (Å²) in [4.78, 5) is 110. The second-order valence-electron chi connectivity index (χ2n) is 16.3. The first-order valence-corrected chi connectivity index (χ1v) is 23.4. The van der Waals surface area contributed by atoms with E-state index < -0.39 is 89.6 Å². The lowest BCUT2D eigenvalue weighted by Gasteiger charge is -2.27. The zero-order valence-electron chi connectivity index (χ0n) is 37.9. The van der Waals surface area contributed by atoms with E-state index in [9.17, 15) is 48.6 Å². The first-order valence-electron chi connectivity index (χ1n) is 22.0. The molecule has 362 valence electrons. The number of nitrogens with two attached hydrogens (primary N) is 3. The summed E-state index contributed by atoms with van der Waals surface area (Å²) in [6, 6.07) is 4.55. The highest BCUT2D eigenvalue weighted by Crippen LogP contribution is 2.20. The highest BCUT2D eigenvalue weighted by atomic mass is 32.2. The van der Waals surface area contributed by atoms with E-state index in [-0.39, 0.29) is 50.2 Å². The van der Waals surface area contributed by atoms with E-state index in [0.717, 1.165) is 10.9 Å². The number of aliphatic carboxylic acids is 1. The number of amides is 7. The molecule has 0 saturated heterocycles. The molecule has 7 amide bonds. The van der Waals surface area contributed by atoms with Crippen molar-refractivity contribution < 1.29 is 48.6 Å². The van der Waals surface area contributed by atoms with Gasteiger partial charge in [-0.25, -0.2) is 4.79 Å². The fourth-order valence-corrected chi connectivity index (χ4v) is 7.36. The number of phenolic OH excluding ortho intramolecular Hbond substituents is 1. The van der Waals surface area contributed by atoms with Gasteiger partial charge in [-0.05, 0) is 92.8 Å². The second-order valence-corrected chi connectivity index (χ2v) is 17.3. The van der Waals surface area contributed by atoms with Gasteiger partial charge in [-0.3, -0.25) is 33.6 Å². The van der Waals surface area contributed by atoms with Crippen LogP contribution in [0.3, 0.4) is 0 Å². The van der Waals surface area contributed by atoms with E-state index in [4.69, 9.17) is 17.2 Å². The summed E-state index contributed by atoms with van der Waals surface area (Å²) in [5.41, 5.74) is 19.2. The molecule has 0 unspecified atom stereocenters. The molecule has 0 aliphatic carbocycles. The number of thioether (sulfide) groups is 1. The van der Waals surface area contributed by atoms with E-state index in [1.807, 2.05) is 31.2 Å². The number of benzene rings is 2. The summed E-state index contributed by atoms with van der Waals surface area (Å²) < 4.78 is 0. The van der Waals surface area contributed by atoms with Gasteiger partial charge in [-0.1, -0.05) is 50.6 Å². The van der Waals surface area contributed by atoms with Crippen LogP contribution in [-0.2, 0) is 51.2 Å². The highest BCUT2D eigenvalue weighted by molar-refractivity contribution is 7.98. The molecule has 20 nitrogen and oxygen atoms in total. The number of phenols is 1. The van der Waals surface area contributed by atoms with E-state index in [1.165, 1.54) is 30.8 Å². The third-order valence-corrected chi connectivity index (χ3v) is 11.8. The zero-order chi connectivity index (χ0) is 48.9. The number of hydrogen-bond donors (Lipinski definition) is 12. The summed E-state index contributed by atoms with van der Waals surface area (Å²) in [6.45, 7) is 5.33. The molecule has 0 saturated carbocycles. The van der Waals surface area contributed by atoms with Crippen LogP contribution in [0.2, 0.25) is 0 Å². The Morgan fingerprint density at radius 2 is 1.26 bits per heavy atom. The third-order valence-electron chi connectivity index (χ3n) is 11.2. The van der Waals surface area contributed by atoms with E-state index in [1.54, 1.807) is 31.5 Å². The Bertz CT molecular complexity index is 2120. The van der Waals surface area contributed by atoms with Crippen LogP contribution in [0.4, 0.5) is 0 Å². The quantitative estimate of drug-likeness (QED) is 0.0415. The number of nitrogens with one attached hydrogen (secondary N) is 7. The maximum absolute atomic E-state index is 14.0. The lowest BCUT2D eigenvalue weighted by Crippen LogP contribution is -2.60. The molecule has 1 aromatic heterocycles. The van der Waals surface area contributed by atoms with Crippen LogP contribution in [0.25, 0.3) is 10.9 Å². The standard InChI is InChI=1S/C45H66N10O10S/c1-5-25(2)38(48)44(63)55-35(22-27-13-15-29(56)16-14-27)42(61)52-32(17-18-37(47)57)40(59)50-26(3)39(58)51-33(19-21-66-4)41(60)54-36(23-28-24-49-31-11-7-6-10-30(28)31)43(62)53-34(45(64)65)12-8-9-20-46/h6-7,10-11,13-16,24-26,32-36,38,49,56H,5,8-9,12,17-23,46,48H2,1-4H3,(H2,47,57)(H,50,59)(H,51,58)(H,52,61)(H,53,62)(H,54,60)(H,55,63)(H,64,65)/t25-,26-,32-,33-,34-,35-,36-,38-/m0/s1. The van der Waals surface area contributed by atoms with Gasteiger partial charge in [0.1, 0.15) is 42.0 Å². The number of rotatable bonds is 29. The second kappa shape index (κ2) is 27.3. The molecule has 66 heavy (non-hydrogen) atoms. The Morgan fingerprint density at radius 1 is 0.697 bits per heavy atom. The summed E-state index contributed by atoms with van der Waals surface area (Å²) in [7, 11) is 0. The molecule has 0 aliphatic rings. The van der Waals surface area contributed by atoms with Gasteiger partial charge in [0.15, 0.2) is 0 Å². The number of carboxylic acid groups (broad SMARTS) is 1. The van der Waals surface area contributed by atoms with Gasteiger partial charge in [-0.2, -0.15) is 11.8 Å². The number of carbonyl (C=O) groups excluding carboxylic acids is 7. The Hall–Kier alpha value is -6.19. The maximum Gasteiger partial charge on any atom is 0.326 e. The molecule has 21 heteroatoms. The molecular weight excluding hydrogens is 873 g/mol. The Labute approximate surface area is 388 Å². The SMILES string of the molecule is CC[C@H](C)[C@H](N)C(=O)N[C@@H](Cc1ccc(O)cc1)C(=O)N[C@@H](CCC(N)=O)C(=O)N[C@@H](C)C(=O)N[C@@H](CCSC)C(=O)N[C@@H](Cc1c[nH]c2ccccc12)C(=O)N[C@@H](CCCCN)C(=O)O. The fourth-order valence-electron chi connectivity index (χ4n) is 6.89. The zero-order valence-corrected chi connectivity index (χ0v) is 38.7. The number of carbonyl (C=O) groups is 8. The minimum atomic E-state index is -1.42. The summed E-state index contributed by atoms with van der Waals surface area (Å²) in [5.74, 6) is -6.47. The van der Waals surface area contributed by atoms with Crippen molar-refractivity contribution in [3.63, 3.8) is 0 Å². The van der Waals surface area contributed by atoms with E-state index in [0.29, 0.717) is 42.7 Å². The van der Waals surface area contributed by atoms with Crippen LogP contribution < -0.4 is 49.1 Å². The van der Waals surface area contributed by atoms with Crippen molar-refractivity contribution in [3.05, 3.63) is 65.9 Å². The number of aromatic hydroxyl groups is 1. The predicted octanol–water partition coefficient (Wildman–Crippen LogP) is 0.193. The number of fused-ring (bicyclic) bond motifs is 1. The van der Waals surface area contributed by atoms with Crippen LogP contribution in [0.5, 0.6) is 5.75 Å². The molecule has 0 radical (unpaired) electrons. The minimum absolute atomic E-state index is 0.0193. The van der Waals surface area contributed by atoms with Crippen molar-refractivity contribution in [3.8, 4) is 5.75 Å². The van der Waals surface area contributed by atoms with Gasteiger partial charge in [0.05, 0.1) is 6.04 Å². The summed E-state index contributed by atoms with van der Waals surface area (Å²) in [6.07, 6.45) is 4.57. The van der Waals surface area contributed by atoms with E-state index in [2.05, 4.69) is 36.9 Å². The van der Waals surface area contributed by atoms with Crippen LogP contribution in [-0.4, -0.2) is 123 Å². The average molecular weight is 939 g/mol. The number of para-hydroxylation sites is 1. The molecule has 2 aromatic carbocycles. The van der Waals surface area contributed by atoms with Crippen molar-refractivity contribution in [1.29, 1.82) is 0 Å². The number of aromatic nitrogens is 1. The van der Waals surface area contributed by atoms with Crippen molar-refractivity contribution in [1.82, 2.24) is 36.9 Å². The predicted molar refractivity (Wildman–Crippen MR) is 250 cm³/mol. The molecule has 0 aliphatic heterocycles. The number of carboxylic acids is 1. The van der Waals surface area contributed by atoms with Gasteiger partial charge in [0, 0.05) is 36.4 Å². The van der Waals surface area contributed by atoms with Gasteiger partial charge in [0.2, 0.25) is 41.4 Å². The minimum Gasteiger partial charge on any atom is -0.508 e. The smallest absolute Gasteiger partial charge is 0.326 e. The lowest BCUT2D eigenvalue weighted by atomic mass is 9.98. The summed E-state index contributed by atoms with van der Waals surface area (Å²) in [5, 5.41) is 36.1. The maximum atomic E-state index is 14.0. The van der Waals surface area contributed by atoms with Crippen LogP contribution in [0.1, 0.15) is 76.8 Å². The fraction of sp³-hybridized carbons (Fsp3) is 0.511. The van der Waals surface area contributed by atoms with E-state index >= 15 is 0 Å². The van der Waals surface area contributed by atoms with Crippen LogP contribution in [0.15, 0.2) is 54.7 Å². The Morgan fingerprint density at radius 3 is 1.88 bits per heavy atom. The molecule has 0 fully saturated rings. The molecule has 0 bridgehead atoms. The van der Waals surface area contributed by atoms with Crippen molar-refractivity contribution in [2.45, 2.75) is 121 Å². The highest BCUT2D eigenvalue weighted by Gasteiger charge is 2.33. The van der Waals surface area contributed by atoms with Crippen molar-refractivity contribution in [2.75, 3.05) is 18.6 Å². The summed E-state index contributed by atoms with van der Waals surface area (Å²) >= 11 is 1.39. The van der Waals surface area contributed by atoms with Crippen LogP contribution >= 0.6 is 11.8 Å². The number of aromatic amines is 1. The molecule has 3 rings (SSSR count). The molecule has 0 spiro atoms. The third kappa shape index (κ3) is 17.3. The van der Waals surface area contributed by atoms with Gasteiger partial charge < -0.3 is 64.3 Å². The van der Waals surface area contributed by atoms with Gasteiger partial charge in [0.25, 0.3) is 0 Å². The topological polar surface area (TPSA) is 343 Å². The average Bonchev–Trinajstić information content (AvgIpc) is 3.70. The largest absolute Gasteiger partial charge is 0.508 e. The van der Waals surface area contributed by atoms with Crippen LogP contribution in [0, 0.1) is 5.92 Å². The van der Waals surface area contributed by atoms with Crippen molar-refractivity contribution in [2.24, 2.45) is 23.1 Å². The molecule has 3 aromatic rings. The van der Waals surface area contributed by atoms with Gasteiger partial charge in [-0.15, -0.1) is 0 Å². The Balaban J connectivity index is 1.82. The monoisotopic (exact) mass is 938 g/mol. The number of H-pyrrole nitrogens is 1. The number of unbranched alkanes of at least 4 members (excludes halogenated alkanes) is 1. The van der Waals surface area contributed by atoms with Gasteiger partial charge >= 0.3 is 5.97 Å².